The summed E-state index contributed by atoms with van der Waals surface area (Å²) in [7, 11) is 0. The van der Waals surface area contributed by atoms with Crippen LogP contribution in [0.2, 0.25) is 5.02 Å². The number of hydrogen-bond donors (Lipinski definition) is 0. The lowest BCUT2D eigenvalue weighted by Gasteiger charge is -2.25. The van der Waals surface area contributed by atoms with Crippen molar-refractivity contribution in [3.8, 4) is 5.75 Å². The molecule has 1 aliphatic carbocycles. The predicted molar refractivity (Wildman–Crippen MR) is 102 cm³/mol. The van der Waals surface area contributed by atoms with Gasteiger partial charge in [-0.2, -0.15) is 0 Å². The molecule has 3 aromatic rings. The summed E-state index contributed by atoms with van der Waals surface area (Å²) in [5.74, 6) is 1.88. The molecule has 4 heteroatoms. The van der Waals surface area contributed by atoms with Crippen LogP contribution in [0.15, 0.2) is 42.5 Å². The third kappa shape index (κ3) is 3.38. The highest BCUT2D eigenvalue weighted by molar-refractivity contribution is 6.30. The summed E-state index contributed by atoms with van der Waals surface area (Å²) >= 11 is 6.04. The fraction of sp³-hybridized carbons (Fsp3) is 0.381. The maximum Gasteiger partial charge on any atom is 0.148 e. The first-order valence-electron chi connectivity index (χ1n) is 9.07. The minimum Gasteiger partial charge on any atom is -0.485 e. The molecule has 0 N–H and O–H groups in total. The van der Waals surface area contributed by atoms with E-state index in [2.05, 4.69) is 28.8 Å². The molecule has 1 aromatic heterocycles. The van der Waals surface area contributed by atoms with Crippen molar-refractivity contribution in [2.75, 3.05) is 0 Å². The highest BCUT2D eigenvalue weighted by atomic mass is 35.5. The molecule has 0 unspecified atom stereocenters. The van der Waals surface area contributed by atoms with Crippen LogP contribution in [-0.2, 0) is 6.61 Å². The van der Waals surface area contributed by atoms with Gasteiger partial charge in [0.05, 0.1) is 11.0 Å². The summed E-state index contributed by atoms with van der Waals surface area (Å²) in [6, 6.07) is 14.7. The zero-order chi connectivity index (χ0) is 17.2. The second kappa shape index (κ2) is 7.09. The molecule has 0 aliphatic heterocycles. The molecule has 0 saturated heterocycles. The quantitative estimate of drug-likeness (QED) is 0.567. The first-order valence-corrected chi connectivity index (χ1v) is 9.45. The molecule has 1 heterocycles. The van der Waals surface area contributed by atoms with E-state index < -0.39 is 0 Å². The molecule has 0 amide bonds. The maximum absolute atomic E-state index is 6.10. The largest absolute Gasteiger partial charge is 0.485 e. The lowest BCUT2D eigenvalue weighted by atomic mass is 9.95. The van der Waals surface area contributed by atoms with Gasteiger partial charge in [0.25, 0.3) is 0 Å². The van der Waals surface area contributed by atoms with E-state index in [4.69, 9.17) is 21.3 Å². The lowest BCUT2D eigenvalue weighted by Crippen LogP contribution is -2.16. The van der Waals surface area contributed by atoms with E-state index in [0.29, 0.717) is 12.6 Å². The summed E-state index contributed by atoms with van der Waals surface area (Å²) < 4.78 is 8.51. The monoisotopic (exact) mass is 354 g/mol. The van der Waals surface area contributed by atoms with Crippen molar-refractivity contribution in [1.82, 2.24) is 9.55 Å². The number of halogens is 1. The van der Waals surface area contributed by atoms with Crippen LogP contribution in [0.4, 0.5) is 0 Å². The molecule has 0 bridgehead atoms. The molecular formula is C21H23ClN2O. The molecule has 1 aliphatic rings. The number of rotatable bonds is 4. The molecule has 1 saturated carbocycles. The molecular weight excluding hydrogens is 332 g/mol. The number of benzene rings is 2. The number of hydrogen-bond acceptors (Lipinski definition) is 2. The number of imidazole rings is 1. The zero-order valence-electron chi connectivity index (χ0n) is 14.5. The van der Waals surface area contributed by atoms with Crippen LogP contribution in [0.25, 0.3) is 11.0 Å². The Labute approximate surface area is 153 Å². The van der Waals surface area contributed by atoms with E-state index in [9.17, 15) is 0 Å². The van der Waals surface area contributed by atoms with E-state index in [1.165, 1.54) is 37.6 Å². The maximum atomic E-state index is 6.10. The highest BCUT2D eigenvalue weighted by Gasteiger charge is 2.21. The first-order chi connectivity index (χ1) is 12.2. The molecule has 4 rings (SSSR count). The second-order valence-electron chi connectivity index (χ2n) is 6.88. The van der Waals surface area contributed by atoms with Crippen LogP contribution in [0, 0.1) is 6.92 Å². The van der Waals surface area contributed by atoms with Gasteiger partial charge in [0.1, 0.15) is 18.2 Å². The van der Waals surface area contributed by atoms with Gasteiger partial charge in [0.15, 0.2) is 0 Å². The number of aryl methyl sites for hydroxylation is 1. The molecule has 2 aromatic carbocycles. The Kier molecular flexibility index (Phi) is 4.67. The van der Waals surface area contributed by atoms with E-state index in [1.54, 1.807) is 0 Å². The number of nitrogens with zero attached hydrogens (tertiary/aromatic N) is 2. The minimum atomic E-state index is 0.480. The van der Waals surface area contributed by atoms with Crippen molar-refractivity contribution in [2.24, 2.45) is 0 Å². The topological polar surface area (TPSA) is 27.1 Å². The van der Waals surface area contributed by atoms with Gasteiger partial charge in [0.2, 0.25) is 0 Å². The van der Waals surface area contributed by atoms with E-state index in [1.807, 2.05) is 25.1 Å². The second-order valence-corrected chi connectivity index (χ2v) is 7.31. The van der Waals surface area contributed by atoms with Crippen LogP contribution in [-0.4, -0.2) is 9.55 Å². The van der Waals surface area contributed by atoms with Crippen molar-refractivity contribution >= 4 is 22.6 Å². The molecule has 130 valence electrons. The standard InChI is InChI=1S/C21H23ClN2O/c1-15-13-16(22)11-12-20(15)25-14-21-23-18-9-5-6-10-19(18)24(21)17-7-3-2-4-8-17/h5-6,9-13,17H,2-4,7-8,14H2,1H3. The summed E-state index contributed by atoms with van der Waals surface area (Å²) in [5.41, 5.74) is 3.33. The van der Waals surface area contributed by atoms with Crippen molar-refractivity contribution < 1.29 is 4.74 Å². The Morgan fingerprint density at radius 2 is 1.92 bits per heavy atom. The average molecular weight is 355 g/mol. The van der Waals surface area contributed by atoms with Gasteiger partial charge in [-0.25, -0.2) is 4.98 Å². The smallest absolute Gasteiger partial charge is 0.148 e. The molecule has 0 spiro atoms. The third-order valence-corrected chi connectivity index (χ3v) is 5.34. The summed E-state index contributed by atoms with van der Waals surface area (Å²) in [6.45, 7) is 2.50. The SMILES string of the molecule is Cc1cc(Cl)ccc1OCc1nc2ccccc2n1C1CCCCC1. The fourth-order valence-electron chi connectivity index (χ4n) is 3.86. The Hall–Kier alpha value is -2.00. The van der Waals surface area contributed by atoms with E-state index in [0.717, 1.165) is 27.7 Å². The van der Waals surface area contributed by atoms with Gasteiger partial charge in [-0.1, -0.05) is 43.0 Å². The summed E-state index contributed by atoms with van der Waals surface area (Å²) in [4.78, 5) is 4.86. The van der Waals surface area contributed by atoms with E-state index in [-0.39, 0.29) is 0 Å². The first kappa shape index (κ1) is 16.5. The lowest BCUT2D eigenvalue weighted by molar-refractivity contribution is 0.272. The molecule has 0 atom stereocenters. The molecule has 25 heavy (non-hydrogen) atoms. The van der Waals surface area contributed by atoms with Gasteiger partial charge in [-0.15, -0.1) is 0 Å². The van der Waals surface area contributed by atoms with Crippen LogP contribution >= 0.6 is 11.6 Å². The van der Waals surface area contributed by atoms with Crippen molar-refractivity contribution in [3.63, 3.8) is 0 Å². The van der Waals surface area contributed by atoms with Crippen LogP contribution in [0.3, 0.4) is 0 Å². The van der Waals surface area contributed by atoms with Crippen molar-refractivity contribution in [2.45, 2.75) is 51.7 Å². The summed E-state index contributed by atoms with van der Waals surface area (Å²) in [5, 5.41) is 0.735. The molecule has 3 nitrogen and oxygen atoms in total. The summed E-state index contributed by atoms with van der Waals surface area (Å²) in [6.07, 6.45) is 6.40. The minimum absolute atomic E-state index is 0.480. The van der Waals surface area contributed by atoms with Crippen LogP contribution < -0.4 is 4.74 Å². The van der Waals surface area contributed by atoms with Gasteiger partial charge in [0, 0.05) is 11.1 Å². The number of ether oxygens (including phenoxy) is 1. The predicted octanol–water partition coefficient (Wildman–Crippen LogP) is 6.08. The molecule has 0 radical (unpaired) electrons. The number of fused-ring (bicyclic) bond motifs is 1. The fourth-order valence-corrected chi connectivity index (χ4v) is 4.09. The highest BCUT2D eigenvalue weighted by Crippen LogP contribution is 2.33. The van der Waals surface area contributed by atoms with Gasteiger partial charge in [-0.05, 0) is 55.7 Å². The van der Waals surface area contributed by atoms with Crippen molar-refractivity contribution in [3.05, 3.63) is 58.9 Å². The normalized spacial score (nSPS) is 15.6. The Morgan fingerprint density at radius 3 is 2.72 bits per heavy atom. The Balaban J connectivity index is 1.66. The Morgan fingerprint density at radius 1 is 1.12 bits per heavy atom. The van der Waals surface area contributed by atoms with Gasteiger partial charge in [-0.3, -0.25) is 0 Å². The molecule has 1 fully saturated rings. The number of para-hydroxylation sites is 2. The Bertz CT molecular complexity index is 881. The zero-order valence-corrected chi connectivity index (χ0v) is 15.3. The van der Waals surface area contributed by atoms with Crippen LogP contribution in [0.5, 0.6) is 5.75 Å². The third-order valence-electron chi connectivity index (χ3n) is 5.10. The number of aromatic nitrogens is 2. The van der Waals surface area contributed by atoms with Crippen molar-refractivity contribution in [1.29, 1.82) is 0 Å². The van der Waals surface area contributed by atoms with E-state index >= 15 is 0 Å². The van der Waals surface area contributed by atoms with Gasteiger partial charge >= 0.3 is 0 Å². The van der Waals surface area contributed by atoms with Crippen LogP contribution in [0.1, 0.15) is 49.5 Å². The van der Waals surface area contributed by atoms with Gasteiger partial charge < -0.3 is 9.30 Å². The average Bonchev–Trinajstić information content (AvgIpc) is 3.00.